The standard InChI is InChI=1S/C15H29NO2/c1-4-13(17)7-10-16-14(18)11-12-5-8-15(2,3)9-6-12/h12-13,17H,4-11H2,1-3H3,(H,16,18). The second-order valence-electron chi connectivity index (χ2n) is 6.51. The fourth-order valence-electron chi connectivity index (χ4n) is 2.58. The van der Waals surface area contributed by atoms with Crippen molar-refractivity contribution in [3.8, 4) is 0 Å². The zero-order valence-corrected chi connectivity index (χ0v) is 12.2. The third-order valence-corrected chi connectivity index (χ3v) is 4.20. The fraction of sp³-hybridized carbons (Fsp3) is 0.933. The Balaban J connectivity index is 2.13. The van der Waals surface area contributed by atoms with E-state index in [0.717, 1.165) is 6.42 Å². The van der Waals surface area contributed by atoms with Gasteiger partial charge in [0.25, 0.3) is 0 Å². The Morgan fingerprint density at radius 2 is 2.00 bits per heavy atom. The molecule has 3 nitrogen and oxygen atoms in total. The first-order valence-corrected chi connectivity index (χ1v) is 7.37. The van der Waals surface area contributed by atoms with Crippen molar-refractivity contribution < 1.29 is 9.90 Å². The van der Waals surface area contributed by atoms with Crippen LogP contribution >= 0.6 is 0 Å². The van der Waals surface area contributed by atoms with Crippen molar-refractivity contribution in [2.45, 2.75) is 71.8 Å². The molecule has 0 aliphatic heterocycles. The number of rotatable bonds is 6. The molecule has 0 aromatic heterocycles. The summed E-state index contributed by atoms with van der Waals surface area (Å²) in [6, 6.07) is 0. The molecule has 1 unspecified atom stereocenters. The van der Waals surface area contributed by atoms with Crippen molar-refractivity contribution in [2.75, 3.05) is 6.54 Å². The van der Waals surface area contributed by atoms with Crippen molar-refractivity contribution in [3.63, 3.8) is 0 Å². The lowest BCUT2D eigenvalue weighted by Gasteiger charge is -2.34. The van der Waals surface area contributed by atoms with Crippen LogP contribution in [0.3, 0.4) is 0 Å². The third kappa shape index (κ3) is 5.85. The summed E-state index contributed by atoms with van der Waals surface area (Å²) in [5.74, 6) is 0.720. The number of carbonyl (C=O) groups excluding carboxylic acids is 1. The topological polar surface area (TPSA) is 49.3 Å². The van der Waals surface area contributed by atoms with Crippen LogP contribution in [0.25, 0.3) is 0 Å². The average Bonchev–Trinajstić information content (AvgIpc) is 2.31. The number of hydrogen-bond acceptors (Lipinski definition) is 2. The maximum atomic E-state index is 11.7. The largest absolute Gasteiger partial charge is 0.393 e. The normalized spacial score (nSPS) is 21.6. The molecule has 18 heavy (non-hydrogen) atoms. The summed E-state index contributed by atoms with van der Waals surface area (Å²) in [7, 11) is 0. The summed E-state index contributed by atoms with van der Waals surface area (Å²) in [5, 5.41) is 12.3. The highest BCUT2D eigenvalue weighted by atomic mass is 16.3. The van der Waals surface area contributed by atoms with E-state index in [2.05, 4.69) is 19.2 Å². The van der Waals surface area contributed by atoms with Gasteiger partial charge in [-0.15, -0.1) is 0 Å². The van der Waals surface area contributed by atoms with Crippen LogP contribution in [0.5, 0.6) is 0 Å². The lowest BCUT2D eigenvalue weighted by atomic mass is 9.72. The zero-order chi connectivity index (χ0) is 13.6. The van der Waals surface area contributed by atoms with Gasteiger partial charge in [-0.3, -0.25) is 4.79 Å². The minimum Gasteiger partial charge on any atom is -0.393 e. The van der Waals surface area contributed by atoms with Gasteiger partial charge < -0.3 is 10.4 Å². The van der Waals surface area contributed by atoms with Gasteiger partial charge in [0.2, 0.25) is 5.91 Å². The van der Waals surface area contributed by atoms with Crippen LogP contribution in [0.15, 0.2) is 0 Å². The Hall–Kier alpha value is -0.570. The molecule has 1 aliphatic carbocycles. The number of hydrogen-bond donors (Lipinski definition) is 2. The molecule has 1 fully saturated rings. The second-order valence-corrected chi connectivity index (χ2v) is 6.51. The fourth-order valence-corrected chi connectivity index (χ4v) is 2.58. The van der Waals surface area contributed by atoms with E-state index in [-0.39, 0.29) is 12.0 Å². The molecule has 106 valence electrons. The Labute approximate surface area is 111 Å². The molecule has 2 N–H and O–H groups in total. The molecule has 0 spiro atoms. The number of amides is 1. The number of carbonyl (C=O) groups is 1. The molecule has 3 heteroatoms. The maximum Gasteiger partial charge on any atom is 0.220 e. The van der Waals surface area contributed by atoms with Gasteiger partial charge in [0.15, 0.2) is 0 Å². The molecule has 0 aromatic rings. The van der Waals surface area contributed by atoms with Crippen LogP contribution in [-0.4, -0.2) is 23.7 Å². The van der Waals surface area contributed by atoms with Gasteiger partial charge in [0, 0.05) is 13.0 Å². The predicted molar refractivity (Wildman–Crippen MR) is 74.3 cm³/mol. The third-order valence-electron chi connectivity index (χ3n) is 4.20. The van der Waals surface area contributed by atoms with Crippen LogP contribution in [0, 0.1) is 11.3 Å². The molecule has 0 saturated heterocycles. The van der Waals surface area contributed by atoms with Crippen molar-refractivity contribution in [1.29, 1.82) is 0 Å². The minimum absolute atomic E-state index is 0.156. The molecule has 0 heterocycles. The lowest BCUT2D eigenvalue weighted by Crippen LogP contribution is -2.30. The molecule has 0 bridgehead atoms. The summed E-state index contributed by atoms with van der Waals surface area (Å²) in [4.78, 5) is 11.7. The monoisotopic (exact) mass is 255 g/mol. The number of aliphatic hydroxyl groups excluding tert-OH is 1. The first-order chi connectivity index (χ1) is 8.43. The van der Waals surface area contributed by atoms with Crippen LogP contribution in [-0.2, 0) is 4.79 Å². The van der Waals surface area contributed by atoms with E-state index in [1.165, 1.54) is 25.7 Å². The van der Waals surface area contributed by atoms with Crippen LogP contribution < -0.4 is 5.32 Å². The maximum absolute atomic E-state index is 11.7. The van der Waals surface area contributed by atoms with Gasteiger partial charge in [-0.1, -0.05) is 20.8 Å². The first-order valence-electron chi connectivity index (χ1n) is 7.37. The van der Waals surface area contributed by atoms with Gasteiger partial charge in [0.1, 0.15) is 0 Å². The zero-order valence-electron chi connectivity index (χ0n) is 12.2. The Kier molecular flexibility index (Phi) is 6.13. The van der Waals surface area contributed by atoms with Crippen LogP contribution in [0.2, 0.25) is 0 Å². The van der Waals surface area contributed by atoms with Crippen molar-refractivity contribution in [1.82, 2.24) is 5.32 Å². The van der Waals surface area contributed by atoms with Crippen molar-refractivity contribution in [3.05, 3.63) is 0 Å². The highest BCUT2D eigenvalue weighted by Crippen LogP contribution is 2.38. The Morgan fingerprint density at radius 3 is 2.56 bits per heavy atom. The molecule has 1 aliphatic rings. The molecule has 1 rings (SSSR count). The molecule has 0 radical (unpaired) electrons. The summed E-state index contributed by atoms with van der Waals surface area (Å²) in [5.41, 5.74) is 0.470. The minimum atomic E-state index is -0.277. The first kappa shape index (κ1) is 15.5. The number of nitrogens with one attached hydrogen (secondary N) is 1. The quantitative estimate of drug-likeness (QED) is 0.766. The smallest absolute Gasteiger partial charge is 0.220 e. The second kappa shape index (κ2) is 7.13. The summed E-state index contributed by atoms with van der Waals surface area (Å²) < 4.78 is 0. The van der Waals surface area contributed by atoms with Gasteiger partial charge in [0.05, 0.1) is 6.10 Å². The van der Waals surface area contributed by atoms with Gasteiger partial charge >= 0.3 is 0 Å². The molecule has 1 atom stereocenters. The van der Waals surface area contributed by atoms with Crippen LogP contribution in [0.1, 0.15) is 65.7 Å². The molecular formula is C15H29NO2. The predicted octanol–water partition coefficient (Wildman–Crippen LogP) is 2.87. The van der Waals surface area contributed by atoms with Crippen molar-refractivity contribution >= 4 is 5.91 Å². The highest BCUT2D eigenvalue weighted by molar-refractivity contribution is 5.76. The van der Waals surface area contributed by atoms with Gasteiger partial charge in [-0.2, -0.15) is 0 Å². The van der Waals surface area contributed by atoms with E-state index in [4.69, 9.17) is 0 Å². The van der Waals surface area contributed by atoms with Gasteiger partial charge in [-0.05, 0) is 49.9 Å². The molecule has 0 aromatic carbocycles. The van der Waals surface area contributed by atoms with E-state index in [1.54, 1.807) is 0 Å². The van der Waals surface area contributed by atoms with E-state index < -0.39 is 0 Å². The van der Waals surface area contributed by atoms with E-state index in [1.807, 2.05) is 6.92 Å². The number of aliphatic hydroxyl groups is 1. The SMILES string of the molecule is CCC(O)CCNC(=O)CC1CCC(C)(C)CC1. The van der Waals surface area contributed by atoms with Crippen LogP contribution in [0.4, 0.5) is 0 Å². The van der Waals surface area contributed by atoms with Gasteiger partial charge in [-0.25, -0.2) is 0 Å². The van der Waals surface area contributed by atoms with Crippen molar-refractivity contribution in [2.24, 2.45) is 11.3 Å². The molecule has 1 saturated carbocycles. The summed E-state index contributed by atoms with van der Waals surface area (Å²) >= 11 is 0. The average molecular weight is 255 g/mol. The Morgan fingerprint density at radius 1 is 1.39 bits per heavy atom. The molecular weight excluding hydrogens is 226 g/mol. The molecule has 1 amide bonds. The van der Waals surface area contributed by atoms with E-state index in [0.29, 0.717) is 30.7 Å². The van der Waals surface area contributed by atoms with E-state index in [9.17, 15) is 9.90 Å². The Bertz CT molecular complexity index is 253. The summed E-state index contributed by atoms with van der Waals surface area (Å²) in [6.45, 7) is 7.19. The summed E-state index contributed by atoms with van der Waals surface area (Å²) in [6.07, 6.45) is 6.64. The lowest BCUT2D eigenvalue weighted by molar-refractivity contribution is -0.122. The highest BCUT2D eigenvalue weighted by Gasteiger charge is 2.27. The van der Waals surface area contributed by atoms with E-state index >= 15 is 0 Å².